The molecule has 0 spiro atoms. The van der Waals surface area contributed by atoms with Gasteiger partial charge in [-0.1, -0.05) is 63.2 Å². The molecule has 0 saturated heterocycles. The summed E-state index contributed by atoms with van der Waals surface area (Å²) in [4.78, 5) is 0. The van der Waals surface area contributed by atoms with Crippen molar-refractivity contribution in [1.29, 1.82) is 0 Å². The Labute approximate surface area is 127 Å². The minimum Gasteiger partial charge on any atom is -0.489 e. The maximum absolute atomic E-state index is 5.97. The Kier molecular flexibility index (Phi) is 4.69. The summed E-state index contributed by atoms with van der Waals surface area (Å²) in [5.41, 5.74) is 9.70. The fourth-order valence-electron chi connectivity index (χ4n) is 2.25. The summed E-state index contributed by atoms with van der Waals surface area (Å²) in [6.07, 6.45) is 0. The fraction of sp³-hybridized carbons (Fsp3) is 0.368. The first-order valence-corrected chi connectivity index (χ1v) is 7.44. The highest BCUT2D eigenvalue weighted by Gasteiger charge is 2.13. The van der Waals surface area contributed by atoms with Crippen molar-refractivity contribution in [3.8, 4) is 5.75 Å². The largest absolute Gasteiger partial charge is 0.489 e. The summed E-state index contributed by atoms with van der Waals surface area (Å²) in [7, 11) is 0. The second-order valence-corrected chi connectivity index (χ2v) is 6.56. The van der Waals surface area contributed by atoms with Crippen molar-refractivity contribution < 1.29 is 4.74 Å². The first-order chi connectivity index (χ1) is 9.88. The zero-order valence-electron chi connectivity index (χ0n) is 13.4. The van der Waals surface area contributed by atoms with Crippen molar-refractivity contribution in [2.45, 2.75) is 45.8 Å². The third-order valence-electron chi connectivity index (χ3n) is 3.62. The molecule has 2 nitrogen and oxygen atoms in total. The van der Waals surface area contributed by atoms with E-state index >= 15 is 0 Å². The van der Waals surface area contributed by atoms with Crippen LogP contribution in [-0.4, -0.2) is 0 Å². The van der Waals surface area contributed by atoms with Crippen LogP contribution in [0.1, 0.15) is 50.4 Å². The third-order valence-corrected chi connectivity index (χ3v) is 3.62. The van der Waals surface area contributed by atoms with Gasteiger partial charge in [0.25, 0.3) is 0 Å². The third kappa shape index (κ3) is 4.08. The lowest BCUT2D eigenvalue weighted by atomic mass is 9.87. The molecule has 0 amide bonds. The number of nitrogens with two attached hydrogens (primary N) is 1. The summed E-state index contributed by atoms with van der Waals surface area (Å²) in [5.74, 6) is 0.868. The maximum atomic E-state index is 5.97. The maximum Gasteiger partial charge on any atom is 0.124 e. The molecule has 112 valence electrons. The molecule has 0 saturated carbocycles. The number of hydrogen-bond donors (Lipinski definition) is 1. The summed E-state index contributed by atoms with van der Waals surface area (Å²) in [6.45, 7) is 9.20. The highest BCUT2D eigenvalue weighted by molar-refractivity contribution is 5.36. The molecule has 1 atom stereocenters. The van der Waals surface area contributed by atoms with Crippen LogP contribution in [0.3, 0.4) is 0 Å². The predicted octanol–water partition coefficient (Wildman–Crippen LogP) is 4.58. The van der Waals surface area contributed by atoms with Gasteiger partial charge in [-0.3, -0.25) is 0 Å². The fourth-order valence-corrected chi connectivity index (χ4v) is 2.25. The van der Waals surface area contributed by atoms with E-state index in [2.05, 4.69) is 45.0 Å². The van der Waals surface area contributed by atoms with Gasteiger partial charge in [0.1, 0.15) is 12.4 Å². The number of benzene rings is 2. The zero-order valence-corrected chi connectivity index (χ0v) is 13.4. The standard InChI is InChI=1S/C19H25NO/c1-14(20)17-7-5-6-8-18(17)21-13-15-9-11-16(12-10-15)19(2,3)4/h5-12,14H,13,20H2,1-4H3/t14-/m0/s1. The summed E-state index contributed by atoms with van der Waals surface area (Å²) in [5, 5.41) is 0. The topological polar surface area (TPSA) is 35.2 Å². The minimum atomic E-state index is -0.0236. The summed E-state index contributed by atoms with van der Waals surface area (Å²) in [6, 6.07) is 16.6. The molecule has 2 heteroatoms. The van der Waals surface area contributed by atoms with Gasteiger partial charge in [0, 0.05) is 11.6 Å². The first kappa shape index (κ1) is 15.6. The molecule has 0 unspecified atom stereocenters. The van der Waals surface area contributed by atoms with Crippen LogP contribution in [0.4, 0.5) is 0 Å². The van der Waals surface area contributed by atoms with E-state index in [0.29, 0.717) is 6.61 Å². The van der Waals surface area contributed by atoms with Gasteiger partial charge in [-0.25, -0.2) is 0 Å². The quantitative estimate of drug-likeness (QED) is 0.891. The molecule has 0 radical (unpaired) electrons. The van der Waals surface area contributed by atoms with E-state index in [1.165, 1.54) is 11.1 Å². The average Bonchev–Trinajstić information content (AvgIpc) is 2.45. The number of para-hydroxylation sites is 1. The molecule has 2 rings (SSSR count). The second-order valence-electron chi connectivity index (χ2n) is 6.56. The lowest BCUT2D eigenvalue weighted by molar-refractivity contribution is 0.301. The van der Waals surface area contributed by atoms with E-state index < -0.39 is 0 Å². The van der Waals surface area contributed by atoms with Crippen LogP contribution in [0.2, 0.25) is 0 Å². The van der Waals surface area contributed by atoms with Crippen LogP contribution in [0.25, 0.3) is 0 Å². The zero-order chi connectivity index (χ0) is 15.5. The van der Waals surface area contributed by atoms with E-state index in [4.69, 9.17) is 10.5 Å². The monoisotopic (exact) mass is 283 g/mol. The highest BCUT2D eigenvalue weighted by Crippen LogP contribution is 2.25. The SMILES string of the molecule is C[C@H](N)c1ccccc1OCc1ccc(C(C)(C)C)cc1. The molecule has 0 aliphatic heterocycles. The van der Waals surface area contributed by atoms with Crippen molar-refractivity contribution in [2.24, 2.45) is 5.73 Å². The van der Waals surface area contributed by atoms with Gasteiger partial charge in [-0.2, -0.15) is 0 Å². The Hall–Kier alpha value is -1.80. The minimum absolute atomic E-state index is 0.0236. The Morgan fingerprint density at radius 3 is 2.19 bits per heavy atom. The summed E-state index contributed by atoms with van der Waals surface area (Å²) >= 11 is 0. The smallest absolute Gasteiger partial charge is 0.124 e. The van der Waals surface area contributed by atoms with Crippen LogP contribution in [0.5, 0.6) is 5.75 Å². The predicted molar refractivity (Wildman–Crippen MR) is 88.5 cm³/mol. The van der Waals surface area contributed by atoms with Gasteiger partial charge >= 0.3 is 0 Å². The molecule has 21 heavy (non-hydrogen) atoms. The van der Waals surface area contributed by atoms with Crippen LogP contribution in [0, 0.1) is 0 Å². The Morgan fingerprint density at radius 1 is 1.00 bits per heavy atom. The van der Waals surface area contributed by atoms with Crippen LogP contribution in [-0.2, 0) is 12.0 Å². The molecule has 0 bridgehead atoms. The number of ether oxygens (including phenoxy) is 1. The molecule has 0 aromatic heterocycles. The first-order valence-electron chi connectivity index (χ1n) is 7.44. The van der Waals surface area contributed by atoms with Gasteiger partial charge in [0.15, 0.2) is 0 Å². The molecule has 0 heterocycles. The van der Waals surface area contributed by atoms with Gasteiger partial charge in [-0.05, 0) is 29.5 Å². The molecule has 2 aromatic carbocycles. The van der Waals surface area contributed by atoms with E-state index in [1.54, 1.807) is 0 Å². The van der Waals surface area contributed by atoms with Gasteiger partial charge in [0.2, 0.25) is 0 Å². The molecule has 2 aromatic rings. The van der Waals surface area contributed by atoms with Crippen molar-refractivity contribution in [3.05, 3.63) is 65.2 Å². The molecular weight excluding hydrogens is 258 g/mol. The molecular formula is C19H25NO. The van der Waals surface area contributed by atoms with Gasteiger partial charge in [0.05, 0.1) is 0 Å². The van der Waals surface area contributed by atoms with Crippen molar-refractivity contribution >= 4 is 0 Å². The molecule has 0 fully saturated rings. The Balaban J connectivity index is 2.07. The Morgan fingerprint density at radius 2 is 1.62 bits per heavy atom. The van der Waals surface area contributed by atoms with Crippen LogP contribution >= 0.6 is 0 Å². The lowest BCUT2D eigenvalue weighted by Crippen LogP contribution is -2.11. The molecule has 0 aliphatic rings. The highest BCUT2D eigenvalue weighted by atomic mass is 16.5. The van der Waals surface area contributed by atoms with Gasteiger partial charge in [-0.15, -0.1) is 0 Å². The average molecular weight is 283 g/mol. The molecule has 0 aliphatic carbocycles. The van der Waals surface area contributed by atoms with E-state index in [1.807, 2.05) is 31.2 Å². The Bertz CT molecular complexity index is 579. The van der Waals surface area contributed by atoms with Crippen molar-refractivity contribution in [2.75, 3.05) is 0 Å². The second kappa shape index (κ2) is 6.31. The van der Waals surface area contributed by atoms with Crippen molar-refractivity contribution in [1.82, 2.24) is 0 Å². The normalized spacial score (nSPS) is 13.0. The van der Waals surface area contributed by atoms with Gasteiger partial charge < -0.3 is 10.5 Å². The van der Waals surface area contributed by atoms with Crippen LogP contribution in [0.15, 0.2) is 48.5 Å². The summed E-state index contributed by atoms with van der Waals surface area (Å²) < 4.78 is 5.93. The van der Waals surface area contributed by atoms with E-state index in [0.717, 1.165) is 11.3 Å². The van der Waals surface area contributed by atoms with Crippen molar-refractivity contribution in [3.63, 3.8) is 0 Å². The lowest BCUT2D eigenvalue weighted by Gasteiger charge is -2.19. The molecule has 2 N–H and O–H groups in total. The number of rotatable bonds is 4. The van der Waals surface area contributed by atoms with E-state index in [-0.39, 0.29) is 11.5 Å². The van der Waals surface area contributed by atoms with E-state index in [9.17, 15) is 0 Å². The van der Waals surface area contributed by atoms with Crippen LogP contribution < -0.4 is 10.5 Å². The number of hydrogen-bond acceptors (Lipinski definition) is 2.